The highest BCUT2D eigenvalue weighted by atomic mass is 19.4. The number of nitrogens with two attached hydrogens (primary N) is 1. The molecule has 1 aliphatic heterocycles. The minimum Gasteiger partial charge on any atom is -0.393 e. The van der Waals surface area contributed by atoms with Gasteiger partial charge in [0.25, 0.3) is 0 Å². The lowest BCUT2D eigenvalue weighted by Crippen LogP contribution is -2.33. The number of carbonyl (C=O) groups excluding carboxylic acids is 1. The van der Waals surface area contributed by atoms with Gasteiger partial charge in [0.2, 0.25) is 5.95 Å². The summed E-state index contributed by atoms with van der Waals surface area (Å²) in [5.74, 6) is 0.0820. The van der Waals surface area contributed by atoms with Crippen molar-refractivity contribution in [1.29, 1.82) is 0 Å². The maximum Gasteiger partial charge on any atom is 0.389 e. The summed E-state index contributed by atoms with van der Waals surface area (Å²) in [6, 6.07) is 6.62. The molecule has 2 heterocycles. The average Bonchev–Trinajstić information content (AvgIpc) is 3.36. The number of hydrogen-bond donors (Lipinski definition) is 4. The molecule has 0 radical (unpaired) electrons. The quantitative estimate of drug-likeness (QED) is 0.513. The van der Waals surface area contributed by atoms with E-state index in [0.717, 1.165) is 24.0 Å². The molecule has 8 nitrogen and oxygen atoms in total. The normalized spacial score (nSPS) is 22.7. The number of carbonyl (C=O) groups is 1. The van der Waals surface area contributed by atoms with Crippen LogP contribution in [0.5, 0.6) is 0 Å². The van der Waals surface area contributed by atoms with Crippen molar-refractivity contribution in [2.24, 2.45) is 5.92 Å². The first-order valence-electron chi connectivity index (χ1n) is 11.4. The largest absolute Gasteiger partial charge is 0.393 e. The van der Waals surface area contributed by atoms with Gasteiger partial charge in [-0.25, -0.2) is 9.78 Å². The first kappa shape index (κ1) is 24.1. The average molecular weight is 479 g/mol. The molecule has 3 atom stereocenters. The molecule has 2 aromatic rings. The fraction of sp³-hybridized carbons (Fsp3) is 0.522. The predicted molar refractivity (Wildman–Crippen MR) is 123 cm³/mol. The number of likely N-dealkylation sites (tertiary alicyclic amines) is 1. The molecule has 2 fully saturated rings. The van der Waals surface area contributed by atoms with E-state index in [-0.39, 0.29) is 24.5 Å². The molecule has 1 aromatic carbocycles. The van der Waals surface area contributed by atoms with Crippen LogP contribution in [0, 0.1) is 12.8 Å². The lowest BCUT2D eigenvalue weighted by molar-refractivity contribution is -0.143. The molecule has 2 amide bonds. The SMILES string of the molecule is Cc1ccc(NC(=O)N2CC[C@@H](CC(F)(F)F)C2)cc1-c1cc(N)nc(N[C@@H]2CC[C@@H](O)C2)n1. The van der Waals surface area contributed by atoms with Gasteiger partial charge in [-0.1, -0.05) is 6.07 Å². The van der Waals surface area contributed by atoms with E-state index in [1.807, 2.05) is 13.0 Å². The summed E-state index contributed by atoms with van der Waals surface area (Å²) < 4.78 is 38.0. The number of hydrogen-bond acceptors (Lipinski definition) is 6. The second kappa shape index (κ2) is 9.65. The number of nitrogen functional groups attached to an aromatic ring is 1. The van der Waals surface area contributed by atoms with Crippen LogP contribution < -0.4 is 16.4 Å². The lowest BCUT2D eigenvalue weighted by Gasteiger charge is -2.19. The van der Waals surface area contributed by atoms with E-state index in [0.29, 0.717) is 36.7 Å². The van der Waals surface area contributed by atoms with Gasteiger partial charge in [-0.3, -0.25) is 0 Å². The monoisotopic (exact) mass is 478 g/mol. The molecule has 1 aliphatic carbocycles. The molecule has 1 aromatic heterocycles. The molecule has 184 valence electrons. The van der Waals surface area contributed by atoms with E-state index in [1.54, 1.807) is 18.2 Å². The third-order valence-electron chi connectivity index (χ3n) is 6.34. The molecule has 34 heavy (non-hydrogen) atoms. The summed E-state index contributed by atoms with van der Waals surface area (Å²) in [4.78, 5) is 22.9. The van der Waals surface area contributed by atoms with Crippen LogP contribution in [-0.2, 0) is 0 Å². The molecule has 2 aliphatic rings. The van der Waals surface area contributed by atoms with Crippen molar-refractivity contribution >= 4 is 23.5 Å². The number of aliphatic hydroxyl groups is 1. The Morgan fingerprint density at radius 2 is 2.03 bits per heavy atom. The molecule has 5 N–H and O–H groups in total. The number of anilines is 3. The van der Waals surface area contributed by atoms with Gasteiger partial charge < -0.3 is 26.4 Å². The van der Waals surface area contributed by atoms with Crippen molar-refractivity contribution in [3.8, 4) is 11.3 Å². The van der Waals surface area contributed by atoms with Gasteiger partial charge in [-0.15, -0.1) is 0 Å². The molecule has 1 saturated heterocycles. The Kier molecular flexibility index (Phi) is 6.83. The van der Waals surface area contributed by atoms with Crippen molar-refractivity contribution in [3.63, 3.8) is 0 Å². The molecule has 0 bridgehead atoms. The summed E-state index contributed by atoms with van der Waals surface area (Å²) in [5.41, 5.74) is 8.75. The van der Waals surface area contributed by atoms with Crippen LogP contribution in [0.25, 0.3) is 11.3 Å². The van der Waals surface area contributed by atoms with E-state index in [9.17, 15) is 23.1 Å². The van der Waals surface area contributed by atoms with Crippen molar-refractivity contribution in [1.82, 2.24) is 14.9 Å². The van der Waals surface area contributed by atoms with Crippen LogP contribution in [0.2, 0.25) is 0 Å². The Hall–Kier alpha value is -3.08. The molecule has 4 rings (SSSR count). The first-order chi connectivity index (χ1) is 16.1. The van der Waals surface area contributed by atoms with E-state index in [4.69, 9.17) is 5.73 Å². The van der Waals surface area contributed by atoms with Gasteiger partial charge in [0, 0.05) is 42.9 Å². The number of amides is 2. The number of aliphatic hydroxyl groups excluding tert-OH is 1. The first-order valence-corrected chi connectivity index (χ1v) is 11.4. The molecule has 1 saturated carbocycles. The number of nitrogens with one attached hydrogen (secondary N) is 2. The second-order valence-electron chi connectivity index (χ2n) is 9.19. The minimum absolute atomic E-state index is 0.0676. The molecule has 0 spiro atoms. The summed E-state index contributed by atoms with van der Waals surface area (Å²) in [6.45, 7) is 2.28. The Balaban J connectivity index is 1.47. The smallest absolute Gasteiger partial charge is 0.389 e. The highest BCUT2D eigenvalue weighted by Crippen LogP contribution is 2.32. The van der Waals surface area contributed by atoms with E-state index < -0.39 is 24.5 Å². The van der Waals surface area contributed by atoms with Crippen LogP contribution in [0.3, 0.4) is 0 Å². The Morgan fingerprint density at radius 3 is 2.74 bits per heavy atom. The van der Waals surface area contributed by atoms with Gasteiger partial charge >= 0.3 is 12.2 Å². The van der Waals surface area contributed by atoms with Gasteiger partial charge in [0.05, 0.1) is 11.8 Å². The van der Waals surface area contributed by atoms with E-state index in [2.05, 4.69) is 20.6 Å². The molecule has 11 heteroatoms. The molecule has 0 unspecified atom stereocenters. The van der Waals surface area contributed by atoms with E-state index in [1.165, 1.54) is 4.90 Å². The standard InChI is InChI=1S/C23H29F3N6O2/c1-13-2-3-16(29-22(34)32-7-6-14(12-32)11-23(24,25)26)9-18(13)19-10-20(27)31-21(30-19)28-15-4-5-17(33)8-15/h2-3,9-10,14-15,17,33H,4-8,11-12H2,1H3,(H,29,34)(H3,27,28,30,31)/t14-,15+,17+/m0/s1. The summed E-state index contributed by atoms with van der Waals surface area (Å²) in [6.07, 6.45) is -2.95. The maximum atomic E-state index is 12.7. The lowest BCUT2D eigenvalue weighted by atomic mass is 10.0. The van der Waals surface area contributed by atoms with Crippen molar-refractivity contribution in [3.05, 3.63) is 29.8 Å². The Bertz CT molecular complexity index is 1050. The highest BCUT2D eigenvalue weighted by Gasteiger charge is 2.36. The fourth-order valence-electron chi connectivity index (χ4n) is 4.63. The van der Waals surface area contributed by atoms with Crippen LogP contribution in [0.15, 0.2) is 24.3 Å². The summed E-state index contributed by atoms with van der Waals surface area (Å²) >= 11 is 0. The number of alkyl halides is 3. The number of halogens is 3. The van der Waals surface area contributed by atoms with Gasteiger partial charge in [0.15, 0.2) is 0 Å². The van der Waals surface area contributed by atoms with Gasteiger partial charge in [0.1, 0.15) is 5.82 Å². The van der Waals surface area contributed by atoms with E-state index >= 15 is 0 Å². The fourth-order valence-corrected chi connectivity index (χ4v) is 4.63. The second-order valence-corrected chi connectivity index (χ2v) is 9.19. The van der Waals surface area contributed by atoms with Crippen molar-refractivity contribution < 1.29 is 23.1 Å². The maximum absolute atomic E-state index is 12.7. The van der Waals surface area contributed by atoms with Gasteiger partial charge in [-0.2, -0.15) is 18.2 Å². The van der Waals surface area contributed by atoms with Gasteiger partial charge in [-0.05, 0) is 56.2 Å². The zero-order chi connectivity index (χ0) is 24.5. The van der Waals surface area contributed by atoms with Crippen LogP contribution in [-0.4, -0.2) is 57.4 Å². The Morgan fingerprint density at radius 1 is 1.24 bits per heavy atom. The molecular formula is C23H29F3N6O2. The zero-order valence-electron chi connectivity index (χ0n) is 18.9. The number of benzene rings is 1. The topological polar surface area (TPSA) is 116 Å². The van der Waals surface area contributed by atoms with Crippen LogP contribution in [0.4, 0.5) is 35.4 Å². The van der Waals surface area contributed by atoms with Crippen molar-refractivity contribution in [2.45, 2.75) is 57.3 Å². The van der Waals surface area contributed by atoms with Crippen molar-refractivity contribution in [2.75, 3.05) is 29.5 Å². The summed E-state index contributed by atoms with van der Waals surface area (Å²) in [5, 5.41) is 15.8. The number of urea groups is 1. The number of aromatic nitrogens is 2. The number of nitrogens with zero attached hydrogens (tertiary/aromatic N) is 3. The minimum atomic E-state index is -4.23. The predicted octanol–water partition coefficient (Wildman–Crippen LogP) is 4.17. The number of rotatable bonds is 5. The van der Waals surface area contributed by atoms with Crippen LogP contribution in [0.1, 0.15) is 37.7 Å². The summed E-state index contributed by atoms with van der Waals surface area (Å²) in [7, 11) is 0. The Labute approximate surface area is 195 Å². The zero-order valence-corrected chi connectivity index (χ0v) is 18.9. The van der Waals surface area contributed by atoms with Crippen LogP contribution >= 0.6 is 0 Å². The third kappa shape index (κ3) is 6.07. The number of aryl methyl sites for hydroxylation is 1. The molecular weight excluding hydrogens is 449 g/mol. The highest BCUT2D eigenvalue weighted by molar-refractivity contribution is 5.90. The third-order valence-corrected chi connectivity index (χ3v) is 6.34.